The maximum Gasteiger partial charge on any atom is 0.0940 e. The average Bonchev–Trinajstić information content (AvgIpc) is 2.89. The molecule has 3 atom stereocenters. The highest BCUT2D eigenvalue weighted by Crippen LogP contribution is 2.17. The molecule has 2 N–H and O–H groups in total. The molecule has 3 unspecified atom stereocenters. The zero-order valence-corrected chi connectivity index (χ0v) is 10.3. The van der Waals surface area contributed by atoms with Crippen LogP contribution in [0.5, 0.6) is 0 Å². The van der Waals surface area contributed by atoms with Gasteiger partial charge in [0.15, 0.2) is 0 Å². The zero-order valence-electron chi connectivity index (χ0n) is 10.3. The lowest BCUT2D eigenvalue weighted by Gasteiger charge is -2.22. The number of hydrogen-bond donors (Lipinski definition) is 2. The predicted molar refractivity (Wildman–Crippen MR) is 67.8 cm³/mol. The molecule has 1 aromatic rings. The first-order chi connectivity index (χ1) is 8.27. The summed E-state index contributed by atoms with van der Waals surface area (Å²) in [6.45, 7) is 3.71. The molecule has 1 aliphatic rings. The Hall–Kier alpha value is -0.900. The third-order valence-electron chi connectivity index (χ3n) is 3.31. The Kier molecular flexibility index (Phi) is 4.54. The summed E-state index contributed by atoms with van der Waals surface area (Å²) in [5.41, 5.74) is 0.958. The molecular weight excluding hydrogens is 214 g/mol. The largest absolute Gasteiger partial charge is 0.387 e. The van der Waals surface area contributed by atoms with Crippen molar-refractivity contribution in [3.05, 3.63) is 35.9 Å². The highest BCUT2D eigenvalue weighted by molar-refractivity contribution is 5.18. The smallest absolute Gasteiger partial charge is 0.0940 e. The van der Waals surface area contributed by atoms with E-state index in [1.54, 1.807) is 0 Å². The number of hydrogen-bond acceptors (Lipinski definition) is 3. The van der Waals surface area contributed by atoms with Crippen LogP contribution in [0.2, 0.25) is 0 Å². The van der Waals surface area contributed by atoms with Crippen LogP contribution < -0.4 is 5.32 Å². The van der Waals surface area contributed by atoms with Crippen LogP contribution in [0.25, 0.3) is 0 Å². The Morgan fingerprint density at radius 3 is 2.82 bits per heavy atom. The standard InChI is InChI=1S/C14H21NO2/c1-11(15-10-13-8-5-9-17-13)14(16)12-6-3-2-4-7-12/h2-4,6-7,11,13-16H,5,8-10H2,1H3. The molecule has 1 heterocycles. The summed E-state index contributed by atoms with van der Waals surface area (Å²) in [6.07, 6.45) is 2.14. The minimum absolute atomic E-state index is 0.0431. The molecule has 0 radical (unpaired) electrons. The van der Waals surface area contributed by atoms with Crippen molar-refractivity contribution >= 4 is 0 Å². The van der Waals surface area contributed by atoms with Crippen LogP contribution in [0.4, 0.5) is 0 Å². The predicted octanol–water partition coefficient (Wildman–Crippen LogP) is 1.88. The number of benzene rings is 1. The van der Waals surface area contributed by atoms with Crippen LogP contribution in [-0.4, -0.2) is 30.4 Å². The van der Waals surface area contributed by atoms with Crippen molar-refractivity contribution in [2.75, 3.05) is 13.2 Å². The minimum atomic E-state index is -0.461. The first-order valence-electron chi connectivity index (χ1n) is 6.35. The zero-order chi connectivity index (χ0) is 12.1. The van der Waals surface area contributed by atoms with Gasteiger partial charge in [-0.1, -0.05) is 30.3 Å². The maximum absolute atomic E-state index is 10.2. The van der Waals surface area contributed by atoms with Crippen LogP contribution in [0.15, 0.2) is 30.3 Å². The van der Waals surface area contributed by atoms with Gasteiger partial charge in [0, 0.05) is 19.2 Å². The summed E-state index contributed by atoms with van der Waals surface area (Å²) in [5, 5.41) is 13.5. The number of aliphatic hydroxyl groups excluding tert-OH is 1. The SMILES string of the molecule is CC(NCC1CCCO1)C(O)c1ccccc1. The van der Waals surface area contributed by atoms with E-state index in [4.69, 9.17) is 4.74 Å². The Labute approximate surface area is 103 Å². The molecule has 3 heteroatoms. The van der Waals surface area contributed by atoms with Gasteiger partial charge in [0.25, 0.3) is 0 Å². The molecule has 0 aromatic heterocycles. The molecule has 0 amide bonds. The van der Waals surface area contributed by atoms with Crippen LogP contribution in [0.3, 0.4) is 0 Å². The lowest BCUT2D eigenvalue weighted by atomic mass is 10.0. The second-order valence-corrected chi connectivity index (χ2v) is 4.69. The Morgan fingerprint density at radius 2 is 2.18 bits per heavy atom. The molecule has 0 saturated carbocycles. The quantitative estimate of drug-likeness (QED) is 0.818. The van der Waals surface area contributed by atoms with Crippen molar-refractivity contribution in [2.24, 2.45) is 0 Å². The van der Waals surface area contributed by atoms with Crippen molar-refractivity contribution in [3.63, 3.8) is 0 Å². The van der Waals surface area contributed by atoms with Gasteiger partial charge in [-0.05, 0) is 25.3 Å². The molecule has 1 fully saturated rings. The molecule has 2 rings (SSSR count). The molecule has 0 spiro atoms. The third kappa shape index (κ3) is 3.53. The second-order valence-electron chi connectivity index (χ2n) is 4.69. The monoisotopic (exact) mass is 235 g/mol. The Morgan fingerprint density at radius 1 is 1.41 bits per heavy atom. The highest BCUT2D eigenvalue weighted by Gasteiger charge is 2.19. The van der Waals surface area contributed by atoms with E-state index in [0.29, 0.717) is 6.10 Å². The number of aliphatic hydroxyl groups is 1. The first kappa shape index (κ1) is 12.6. The summed E-state index contributed by atoms with van der Waals surface area (Å²) in [4.78, 5) is 0. The van der Waals surface area contributed by atoms with E-state index in [0.717, 1.165) is 31.6 Å². The van der Waals surface area contributed by atoms with Crippen molar-refractivity contribution in [3.8, 4) is 0 Å². The third-order valence-corrected chi connectivity index (χ3v) is 3.31. The summed E-state index contributed by atoms with van der Waals surface area (Å²) < 4.78 is 5.54. The molecule has 1 saturated heterocycles. The Balaban J connectivity index is 1.80. The van der Waals surface area contributed by atoms with E-state index in [-0.39, 0.29) is 6.04 Å². The molecule has 17 heavy (non-hydrogen) atoms. The summed E-state index contributed by atoms with van der Waals surface area (Å²) in [6, 6.07) is 9.81. The number of nitrogens with one attached hydrogen (secondary N) is 1. The number of rotatable bonds is 5. The van der Waals surface area contributed by atoms with E-state index in [1.807, 2.05) is 37.3 Å². The van der Waals surface area contributed by atoms with Crippen LogP contribution >= 0.6 is 0 Å². The average molecular weight is 235 g/mol. The van der Waals surface area contributed by atoms with Gasteiger partial charge in [-0.3, -0.25) is 0 Å². The van der Waals surface area contributed by atoms with Gasteiger partial charge in [0.1, 0.15) is 0 Å². The topological polar surface area (TPSA) is 41.5 Å². The minimum Gasteiger partial charge on any atom is -0.387 e. The van der Waals surface area contributed by atoms with Gasteiger partial charge in [0.05, 0.1) is 12.2 Å². The van der Waals surface area contributed by atoms with Crippen molar-refractivity contribution < 1.29 is 9.84 Å². The van der Waals surface area contributed by atoms with E-state index < -0.39 is 6.10 Å². The molecule has 0 aliphatic carbocycles. The number of ether oxygens (including phenoxy) is 1. The van der Waals surface area contributed by atoms with Crippen LogP contribution in [-0.2, 0) is 4.74 Å². The van der Waals surface area contributed by atoms with Crippen LogP contribution in [0.1, 0.15) is 31.4 Å². The van der Waals surface area contributed by atoms with Gasteiger partial charge in [-0.15, -0.1) is 0 Å². The lowest BCUT2D eigenvalue weighted by molar-refractivity contribution is 0.0910. The second kappa shape index (κ2) is 6.15. The van der Waals surface area contributed by atoms with Gasteiger partial charge in [-0.2, -0.15) is 0 Å². The Bertz CT molecular complexity index is 322. The molecule has 1 aromatic carbocycles. The van der Waals surface area contributed by atoms with Gasteiger partial charge in [0.2, 0.25) is 0 Å². The van der Waals surface area contributed by atoms with E-state index in [9.17, 15) is 5.11 Å². The van der Waals surface area contributed by atoms with Crippen molar-refractivity contribution in [2.45, 2.75) is 38.0 Å². The summed E-state index contributed by atoms with van der Waals surface area (Å²) >= 11 is 0. The fourth-order valence-electron chi connectivity index (χ4n) is 2.17. The molecular formula is C14H21NO2. The van der Waals surface area contributed by atoms with Crippen molar-refractivity contribution in [1.82, 2.24) is 5.32 Å². The highest BCUT2D eigenvalue weighted by atomic mass is 16.5. The molecule has 1 aliphatic heterocycles. The normalized spacial score (nSPS) is 23.5. The maximum atomic E-state index is 10.2. The summed E-state index contributed by atoms with van der Waals surface area (Å²) in [5.74, 6) is 0. The van der Waals surface area contributed by atoms with E-state index in [2.05, 4.69) is 5.32 Å². The van der Waals surface area contributed by atoms with E-state index in [1.165, 1.54) is 0 Å². The molecule has 0 bridgehead atoms. The molecule has 3 nitrogen and oxygen atoms in total. The van der Waals surface area contributed by atoms with E-state index >= 15 is 0 Å². The summed E-state index contributed by atoms with van der Waals surface area (Å²) in [7, 11) is 0. The van der Waals surface area contributed by atoms with Gasteiger partial charge in [-0.25, -0.2) is 0 Å². The van der Waals surface area contributed by atoms with Gasteiger partial charge >= 0.3 is 0 Å². The lowest BCUT2D eigenvalue weighted by Crippen LogP contribution is -2.37. The first-order valence-corrected chi connectivity index (χ1v) is 6.35. The molecule has 94 valence electrons. The van der Waals surface area contributed by atoms with Crippen molar-refractivity contribution in [1.29, 1.82) is 0 Å². The fraction of sp³-hybridized carbons (Fsp3) is 0.571. The fourth-order valence-corrected chi connectivity index (χ4v) is 2.17. The van der Waals surface area contributed by atoms with Crippen LogP contribution in [0, 0.1) is 0 Å². The van der Waals surface area contributed by atoms with Gasteiger partial charge < -0.3 is 15.2 Å².